The molecule has 1 rings (SSSR count). The Morgan fingerprint density at radius 2 is 1.60 bits per heavy atom. The summed E-state index contributed by atoms with van der Waals surface area (Å²) in [5, 5.41) is -0.572. The molecule has 0 aromatic carbocycles. The Balaban J connectivity index is 0.000000810. The fraction of sp³-hybridized carbons (Fsp3) is 1.00. The highest BCUT2D eigenvalue weighted by Crippen LogP contribution is 2.23. The van der Waals surface area contributed by atoms with E-state index < -0.39 is 15.4 Å². The van der Waals surface area contributed by atoms with Gasteiger partial charge in [0.05, 0.1) is 10.1 Å². The Morgan fingerprint density at radius 1 is 1.20 bits per heavy atom. The molecule has 62 valence electrons. The maximum absolute atomic E-state index is 10.3. The fourth-order valence-electron chi connectivity index (χ4n) is 1.18. The number of quaternary nitrogens is 1. The summed E-state index contributed by atoms with van der Waals surface area (Å²) in [5.74, 6) is 0. The first-order chi connectivity index (χ1) is 4.11. The topological polar surface area (TPSA) is 93.7 Å². The van der Waals surface area contributed by atoms with E-state index in [0.717, 1.165) is 12.8 Å². The molecule has 0 aliphatic heterocycles. The number of hydrogen-bond donors (Lipinski definition) is 1. The van der Waals surface area contributed by atoms with Crippen LogP contribution in [0.2, 0.25) is 0 Å². The van der Waals surface area contributed by atoms with Gasteiger partial charge in [-0.05, 0) is 12.8 Å². The van der Waals surface area contributed by atoms with E-state index in [0.29, 0.717) is 12.8 Å². The monoisotopic (exact) mass is 167 g/mol. The second-order valence-electron chi connectivity index (χ2n) is 2.40. The molecule has 0 heterocycles. The molecular formula is C5H13NO3S. The van der Waals surface area contributed by atoms with Crippen LogP contribution in [0, 0.1) is 0 Å². The lowest BCUT2D eigenvalue weighted by molar-refractivity contribution is 0.448. The Kier molecular flexibility index (Phi) is 3.27. The largest absolute Gasteiger partial charge is 0.748 e. The molecule has 0 atom stereocenters. The molecule has 0 spiro atoms. The summed E-state index contributed by atoms with van der Waals surface area (Å²) >= 11 is 0. The zero-order valence-electron chi connectivity index (χ0n) is 6.04. The predicted octanol–water partition coefficient (Wildman–Crippen LogP) is 0.850. The van der Waals surface area contributed by atoms with Crippen LogP contribution in [0.25, 0.3) is 0 Å². The van der Waals surface area contributed by atoms with Gasteiger partial charge >= 0.3 is 0 Å². The van der Waals surface area contributed by atoms with Crippen molar-refractivity contribution in [3.05, 3.63) is 0 Å². The summed E-state index contributed by atoms with van der Waals surface area (Å²) < 4.78 is 30.8. The molecule has 5 heteroatoms. The zero-order valence-corrected chi connectivity index (χ0v) is 6.86. The Morgan fingerprint density at radius 3 is 1.80 bits per heavy atom. The van der Waals surface area contributed by atoms with E-state index in [1.807, 2.05) is 0 Å². The van der Waals surface area contributed by atoms with Crippen molar-refractivity contribution in [1.82, 2.24) is 6.15 Å². The summed E-state index contributed by atoms with van der Waals surface area (Å²) in [4.78, 5) is 0. The molecular weight excluding hydrogens is 154 g/mol. The molecule has 4 N–H and O–H groups in total. The molecule has 0 bridgehead atoms. The van der Waals surface area contributed by atoms with Crippen LogP contribution in [0.15, 0.2) is 0 Å². The van der Waals surface area contributed by atoms with Gasteiger partial charge in [-0.1, -0.05) is 12.8 Å². The van der Waals surface area contributed by atoms with Crippen molar-refractivity contribution in [2.45, 2.75) is 30.9 Å². The van der Waals surface area contributed by atoms with E-state index in [1.54, 1.807) is 0 Å². The van der Waals surface area contributed by atoms with Crippen molar-refractivity contribution in [1.29, 1.82) is 0 Å². The summed E-state index contributed by atoms with van der Waals surface area (Å²) in [6.45, 7) is 0. The third-order valence-corrected chi connectivity index (χ3v) is 3.00. The van der Waals surface area contributed by atoms with Gasteiger partial charge < -0.3 is 10.7 Å². The first-order valence-electron chi connectivity index (χ1n) is 3.05. The van der Waals surface area contributed by atoms with Crippen LogP contribution < -0.4 is 6.15 Å². The van der Waals surface area contributed by atoms with Crippen LogP contribution in [-0.4, -0.2) is 18.2 Å². The normalized spacial score (nSPS) is 20.5. The minimum atomic E-state index is -3.95. The van der Waals surface area contributed by atoms with Gasteiger partial charge in [-0.15, -0.1) is 0 Å². The number of rotatable bonds is 1. The van der Waals surface area contributed by atoms with Crippen LogP contribution in [-0.2, 0) is 10.1 Å². The van der Waals surface area contributed by atoms with E-state index in [-0.39, 0.29) is 6.15 Å². The van der Waals surface area contributed by atoms with Gasteiger partial charge in [0, 0.05) is 5.25 Å². The molecule has 0 aromatic heterocycles. The van der Waals surface area contributed by atoms with Crippen LogP contribution in [0.1, 0.15) is 25.7 Å². The molecule has 1 aliphatic rings. The summed E-state index contributed by atoms with van der Waals surface area (Å²) in [6, 6.07) is 0. The zero-order chi connectivity index (χ0) is 6.91. The molecule has 1 fully saturated rings. The Hall–Kier alpha value is -0.130. The molecule has 0 unspecified atom stereocenters. The third kappa shape index (κ3) is 2.24. The van der Waals surface area contributed by atoms with Gasteiger partial charge in [-0.3, -0.25) is 0 Å². The van der Waals surface area contributed by atoms with Crippen molar-refractivity contribution >= 4 is 10.1 Å². The summed E-state index contributed by atoms with van der Waals surface area (Å²) in [7, 11) is -3.95. The van der Waals surface area contributed by atoms with E-state index in [4.69, 9.17) is 0 Å². The molecule has 0 aromatic rings. The molecule has 0 radical (unpaired) electrons. The van der Waals surface area contributed by atoms with Crippen molar-refractivity contribution < 1.29 is 13.0 Å². The maximum Gasteiger partial charge on any atom is 0.0975 e. The molecule has 4 nitrogen and oxygen atoms in total. The third-order valence-electron chi connectivity index (χ3n) is 1.71. The minimum Gasteiger partial charge on any atom is -0.748 e. The Bertz CT molecular complexity index is 181. The van der Waals surface area contributed by atoms with Gasteiger partial charge in [-0.2, -0.15) is 0 Å². The Labute approximate surface area is 61.0 Å². The van der Waals surface area contributed by atoms with E-state index in [2.05, 4.69) is 0 Å². The first-order valence-corrected chi connectivity index (χ1v) is 4.52. The molecule has 0 saturated heterocycles. The average Bonchev–Trinajstić information content (AvgIpc) is 2.08. The predicted molar refractivity (Wildman–Crippen MR) is 37.9 cm³/mol. The summed E-state index contributed by atoms with van der Waals surface area (Å²) in [5.41, 5.74) is 0. The summed E-state index contributed by atoms with van der Waals surface area (Å²) in [6.07, 6.45) is 2.94. The van der Waals surface area contributed by atoms with Crippen molar-refractivity contribution in [3.8, 4) is 0 Å². The van der Waals surface area contributed by atoms with Crippen molar-refractivity contribution in [2.24, 2.45) is 0 Å². The second kappa shape index (κ2) is 3.32. The van der Waals surface area contributed by atoms with Gasteiger partial charge in [-0.25, -0.2) is 8.42 Å². The highest BCUT2D eigenvalue weighted by Gasteiger charge is 2.20. The van der Waals surface area contributed by atoms with Crippen LogP contribution in [0.5, 0.6) is 0 Å². The van der Waals surface area contributed by atoms with Crippen LogP contribution in [0.3, 0.4) is 0 Å². The van der Waals surface area contributed by atoms with Gasteiger partial charge in [0.1, 0.15) is 0 Å². The SMILES string of the molecule is O=S(=O)([O-])C1CCCC1.[NH4+]. The smallest absolute Gasteiger partial charge is 0.0975 e. The van der Waals surface area contributed by atoms with E-state index >= 15 is 0 Å². The van der Waals surface area contributed by atoms with Crippen molar-refractivity contribution in [2.75, 3.05) is 0 Å². The highest BCUT2D eigenvalue weighted by molar-refractivity contribution is 7.86. The quantitative estimate of drug-likeness (QED) is 0.586. The van der Waals surface area contributed by atoms with Gasteiger partial charge in [0.2, 0.25) is 0 Å². The minimum absolute atomic E-state index is 0. The first kappa shape index (κ1) is 9.87. The lowest BCUT2D eigenvalue weighted by atomic mass is 10.4. The van der Waals surface area contributed by atoms with E-state index in [9.17, 15) is 13.0 Å². The highest BCUT2D eigenvalue weighted by atomic mass is 32.2. The van der Waals surface area contributed by atoms with Gasteiger partial charge in [0.15, 0.2) is 0 Å². The fourth-order valence-corrected chi connectivity index (χ4v) is 2.09. The van der Waals surface area contributed by atoms with Crippen LogP contribution >= 0.6 is 0 Å². The molecule has 1 aliphatic carbocycles. The lowest BCUT2D eigenvalue weighted by Crippen LogP contribution is -2.15. The second-order valence-corrected chi connectivity index (χ2v) is 4.05. The average molecular weight is 167 g/mol. The number of hydrogen-bond acceptors (Lipinski definition) is 3. The van der Waals surface area contributed by atoms with Gasteiger partial charge in [0.25, 0.3) is 0 Å². The van der Waals surface area contributed by atoms with Crippen LogP contribution in [0.4, 0.5) is 0 Å². The molecule has 0 amide bonds. The standard InChI is InChI=1S/C5H10O3S.H3N/c6-9(7,8)5-3-1-2-4-5;/h5H,1-4H2,(H,6,7,8);1H3. The maximum atomic E-state index is 10.3. The lowest BCUT2D eigenvalue weighted by Gasteiger charge is -2.12. The molecule has 1 saturated carbocycles. The molecule has 10 heavy (non-hydrogen) atoms. The van der Waals surface area contributed by atoms with E-state index in [1.165, 1.54) is 0 Å². The van der Waals surface area contributed by atoms with Crippen molar-refractivity contribution in [3.63, 3.8) is 0 Å².